The Morgan fingerprint density at radius 1 is 1.26 bits per heavy atom. The summed E-state index contributed by atoms with van der Waals surface area (Å²) >= 11 is 0. The molecular formula is C14H15F3N2. The number of nitriles is 1. The molecule has 1 aliphatic rings. The number of hydrogen-bond donors (Lipinski definition) is 0. The van der Waals surface area contributed by atoms with Gasteiger partial charge in [-0.3, -0.25) is 0 Å². The molecule has 0 bridgehead atoms. The van der Waals surface area contributed by atoms with Gasteiger partial charge in [0, 0.05) is 18.3 Å². The maximum absolute atomic E-state index is 13.0. The van der Waals surface area contributed by atoms with Crippen molar-refractivity contribution in [2.24, 2.45) is 0 Å². The number of rotatable bonds is 2. The van der Waals surface area contributed by atoms with E-state index < -0.39 is 11.7 Å². The Bertz CT molecular complexity index is 476. The Labute approximate surface area is 110 Å². The van der Waals surface area contributed by atoms with Crippen LogP contribution in [0.25, 0.3) is 0 Å². The van der Waals surface area contributed by atoms with Crippen molar-refractivity contribution >= 4 is 5.69 Å². The third kappa shape index (κ3) is 3.01. The van der Waals surface area contributed by atoms with E-state index in [4.69, 9.17) is 5.26 Å². The Balaban J connectivity index is 2.37. The van der Waals surface area contributed by atoms with Crippen LogP contribution in [-0.2, 0) is 6.18 Å². The van der Waals surface area contributed by atoms with E-state index in [9.17, 15) is 13.2 Å². The van der Waals surface area contributed by atoms with Gasteiger partial charge in [-0.2, -0.15) is 18.4 Å². The van der Waals surface area contributed by atoms with E-state index in [1.54, 1.807) is 11.0 Å². The zero-order valence-electron chi connectivity index (χ0n) is 10.5. The Morgan fingerprint density at radius 3 is 2.68 bits per heavy atom. The van der Waals surface area contributed by atoms with Crippen molar-refractivity contribution in [3.63, 3.8) is 0 Å². The lowest BCUT2D eigenvalue weighted by molar-refractivity contribution is -0.137. The van der Waals surface area contributed by atoms with E-state index in [0.29, 0.717) is 6.54 Å². The number of para-hydroxylation sites is 1. The fourth-order valence-corrected chi connectivity index (χ4v) is 2.60. The predicted octanol–water partition coefficient (Wildman–Crippen LogP) is 3.98. The van der Waals surface area contributed by atoms with Crippen LogP contribution >= 0.6 is 0 Å². The molecule has 1 aliphatic heterocycles. The molecule has 2 rings (SSSR count). The van der Waals surface area contributed by atoms with E-state index in [1.807, 2.05) is 0 Å². The maximum atomic E-state index is 13.0. The van der Waals surface area contributed by atoms with Crippen molar-refractivity contribution in [2.75, 3.05) is 11.4 Å². The van der Waals surface area contributed by atoms with Crippen LogP contribution in [0.3, 0.4) is 0 Å². The minimum absolute atomic E-state index is 0.109. The van der Waals surface area contributed by atoms with Crippen molar-refractivity contribution < 1.29 is 13.2 Å². The molecule has 102 valence electrons. The first kappa shape index (κ1) is 13.7. The Morgan fingerprint density at radius 2 is 2.00 bits per heavy atom. The van der Waals surface area contributed by atoms with Crippen molar-refractivity contribution in [3.05, 3.63) is 29.8 Å². The molecule has 0 amide bonds. The largest absolute Gasteiger partial charge is 0.418 e. The molecule has 1 aromatic carbocycles. The molecule has 1 unspecified atom stereocenters. The van der Waals surface area contributed by atoms with Gasteiger partial charge in [-0.05, 0) is 31.4 Å². The molecule has 1 heterocycles. The summed E-state index contributed by atoms with van der Waals surface area (Å²) in [5, 5.41) is 8.81. The number of piperidine rings is 1. The molecule has 19 heavy (non-hydrogen) atoms. The summed E-state index contributed by atoms with van der Waals surface area (Å²) in [6, 6.07) is 7.58. The lowest BCUT2D eigenvalue weighted by Crippen LogP contribution is -2.40. The molecule has 0 N–H and O–H groups in total. The summed E-state index contributed by atoms with van der Waals surface area (Å²) in [5.41, 5.74) is -0.408. The summed E-state index contributed by atoms with van der Waals surface area (Å²) in [7, 11) is 0. The van der Waals surface area contributed by atoms with E-state index in [-0.39, 0.29) is 18.2 Å². The van der Waals surface area contributed by atoms with Crippen LogP contribution in [0.2, 0.25) is 0 Å². The fraction of sp³-hybridized carbons (Fsp3) is 0.500. The highest BCUT2D eigenvalue weighted by Gasteiger charge is 2.36. The average Bonchev–Trinajstić information content (AvgIpc) is 2.39. The summed E-state index contributed by atoms with van der Waals surface area (Å²) < 4.78 is 39.1. The smallest absolute Gasteiger partial charge is 0.367 e. The predicted molar refractivity (Wildman–Crippen MR) is 66.7 cm³/mol. The third-order valence-corrected chi connectivity index (χ3v) is 3.47. The second kappa shape index (κ2) is 5.52. The first-order valence-corrected chi connectivity index (χ1v) is 6.34. The van der Waals surface area contributed by atoms with Gasteiger partial charge in [0.1, 0.15) is 0 Å². The molecule has 0 aromatic heterocycles. The summed E-state index contributed by atoms with van der Waals surface area (Å²) in [6.07, 6.45) is -1.47. The van der Waals surface area contributed by atoms with Crippen molar-refractivity contribution in [2.45, 2.75) is 37.9 Å². The molecule has 1 aromatic rings. The highest BCUT2D eigenvalue weighted by atomic mass is 19.4. The molecule has 5 heteroatoms. The van der Waals surface area contributed by atoms with Crippen molar-refractivity contribution in [1.82, 2.24) is 0 Å². The minimum atomic E-state index is -4.36. The first-order chi connectivity index (χ1) is 9.04. The number of benzene rings is 1. The zero-order chi connectivity index (χ0) is 13.9. The second-order valence-electron chi connectivity index (χ2n) is 4.72. The molecule has 0 spiro atoms. The van der Waals surface area contributed by atoms with E-state index in [0.717, 1.165) is 25.3 Å². The Hall–Kier alpha value is -1.70. The number of anilines is 1. The van der Waals surface area contributed by atoms with Gasteiger partial charge in [-0.25, -0.2) is 0 Å². The lowest BCUT2D eigenvalue weighted by Gasteiger charge is -2.37. The van der Waals surface area contributed by atoms with Crippen LogP contribution < -0.4 is 4.90 Å². The van der Waals surface area contributed by atoms with Gasteiger partial charge >= 0.3 is 6.18 Å². The van der Waals surface area contributed by atoms with Gasteiger partial charge in [0.25, 0.3) is 0 Å². The molecule has 0 aliphatic carbocycles. The summed E-state index contributed by atoms with van der Waals surface area (Å²) in [5.74, 6) is 0. The third-order valence-electron chi connectivity index (χ3n) is 3.47. The normalized spacial score (nSPS) is 20.1. The highest BCUT2D eigenvalue weighted by Crippen LogP contribution is 2.38. The molecule has 1 fully saturated rings. The van der Waals surface area contributed by atoms with Crippen LogP contribution in [0.1, 0.15) is 31.2 Å². The standard InChI is InChI=1S/C14H15F3N2/c15-14(16,17)12-6-1-2-7-13(12)19-10-4-3-5-11(19)8-9-18/h1-2,6-7,11H,3-5,8,10H2. The molecule has 0 radical (unpaired) electrons. The monoisotopic (exact) mass is 268 g/mol. The van der Waals surface area contributed by atoms with Gasteiger partial charge in [-0.1, -0.05) is 12.1 Å². The number of nitrogens with zero attached hydrogens (tertiary/aromatic N) is 2. The van der Waals surface area contributed by atoms with Gasteiger partial charge in [0.05, 0.1) is 18.1 Å². The van der Waals surface area contributed by atoms with Gasteiger partial charge in [0.2, 0.25) is 0 Å². The fourth-order valence-electron chi connectivity index (χ4n) is 2.60. The van der Waals surface area contributed by atoms with Gasteiger partial charge < -0.3 is 4.90 Å². The van der Waals surface area contributed by atoms with E-state index in [2.05, 4.69) is 6.07 Å². The number of alkyl halides is 3. The van der Waals surface area contributed by atoms with Crippen LogP contribution in [0.4, 0.5) is 18.9 Å². The molecule has 1 atom stereocenters. The topological polar surface area (TPSA) is 27.0 Å². The average molecular weight is 268 g/mol. The quantitative estimate of drug-likeness (QED) is 0.811. The van der Waals surface area contributed by atoms with Gasteiger partial charge in [-0.15, -0.1) is 0 Å². The van der Waals surface area contributed by atoms with E-state index in [1.165, 1.54) is 12.1 Å². The van der Waals surface area contributed by atoms with E-state index >= 15 is 0 Å². The van der Waals surface area contributed by atoms with Gasteiger partial charge in [0.15, 0.2) is 0 Å². The lowest BCUT2D eigenvalue weighted by atomic mass is 9.97. The van der Waals surface area contributed by atoms with Crippen LogP contribution in [0.15, 0.2) is 24.3 Å². The van der Waals surface area contributed by atoms with Crippen LogP contribution in [0, 0.1) is 11.3 Å². The highest BCUT2D eigenvalue weighted by molar-refractivity contribution is 5.56. The number of hydrogen-bond acceptors (Lipinski definition) is 2. The zero-order valence-corrected chi connectivity index (χ0v) is 10.5. The van der Waals surface area contributed by atoms with Crippen LogP contribution in [-0.4, -0.2) is 12.6 Å². The number of halogens is 3. The molecule has 2 nitrogen and oxygen atoms in total. The van der Waals surface area contributed by atoms with Crippen LogP contribution in [0.5, 0.6) is 0 Å². The second-order valence-corrected chi connectivity index (χ2v) is 4.72. The molecule has 1 saturated heterocycles. The molecular weight excluding hydrogens is 253 g/mol. The van der Waals surface area contributed by atoms with Crippen molar-refractivity contribution in [1.29, 1.82) is 5.26 Å². The SMILES string of the molecule is N#CCC1CCCCN1c1ccccc1C(F)(F)F. The first-order valence-electron chi connectivity index (χ1n) is 6.34. The summed E-state index contributed by atoms with van der Waals surface area (Å²) in [6.45, 7) is 0.583. The maximum Gasteiger partial charge on any atom is 0.418 e. The summed E-state index contributed by atoms with van der Waals surface area (Å²) in [4.78, 5) is 1.75. The molecule has 0 saturated carbocycles. The van der Waals surface area contributed by atoms with Crippen molar-refractivity contribution in [3.8, 4) is 6.07 Å². The Kier molecular flexibility index (Phi) is 3.98. The minimum Gasteiger partial charge on any atom is -0.367 e.